The summed E-state index contributed by atoms with van der Waals surface area (Å²) in [6.45, 7) is 3.71. The molecular formula is C11H21N3O2. The molecular weight excluding hydrogens is 206 g/mol. The molecule has 5 nitrogen and oxygen atoms in total. The molecule has 1 fully saturated rings. The fraction of sp³-hybridized carbons (Fsp3) is 0.818. The van der Waals surface area contributed by atoms with Crippen LogP contribution in [0.3, 0.4) is 0 Å². The minimum atomic E-state index is -0.484. The summed E-state index contributed by atoms with van der Waals surface area (Å²) in [5.74, 6) is -0.0678. The van der Waals surface area contributed by atoms with Crippen LogP contribution in [0.25, 0.3) is 0 Å². The van der Waals surface area contributed by atoms with Crippen molar-refractivity contribution in [1.29, 1.82) is 0 Å². The number of hydrogen-bond donors (Lipinski definition) is 2. The first-order valence-corrected chi connectivity index (χ1v) is 5.75. The van der Waals surface area contributed by atoms with Crippen LogP contribution in [-0.2, 0) is 9.59 Å². The van der Waals surface area contributed by atoms with E-state index in [0.717, 1.165) is 12.8 Å². The van der Waals surface area contributed by atoms with E-state index in [-0.39, 0.29) is 24.5 Å². The van der Waals surface area contributed by atoms with Crippen molar-refractivity contribution in [2.45, 2.75) is 45.2 Å². The van der Waals surface area contributed by atoms with Crippen molar-refractivity contribution in [2.24, 2.45) is 17.4 Å². The third-order valence-electron chi connectivity index (χ3n) is 2.91. The molecule has 0 aromatic rings. The van der Waals surface area contributed by atoms with E-state index in [1.54, 1.807) is 0 Å². The van der Waals surface area contributed by atoms with Gasteiger partial charge in [0.05, 0.1) is 6.54 Å². The molecule has 1 atom stereocenters. The van der Waals surface area contributed by atoms with Gasteiger partial charge in [-0.2, -0.15) is 0 Å². The van der Waals surface area contributed by atoms with Gasteiger partial charge in [-0.15, -0.1) is 0 Å². The first-order valence-electron chi connectivity index (χ1n) is 5.75. The Morgan fingerprint density at radius 1 is 1.38 bits per heavy atom. The van der Waals surface area contributed by atoms with Crippen LogP contribution < -0.4 is 11.5 Å². The van der Waals surface area contributed by atoms with Crippen molar-refractivity contribution >= 4 is 11.8 Å². The highest BCUT2D eigenvalue weighted by Gasteiger charge is 2.31. The number of carbonyl (C=O) groups is 2. The molecule has 1 aliphatic rings. The van der Waals surface area contributed by atoms with Gasteiger partial charge in [-0.3, -0.25) is 9.59 Å². The van der Waals surface area contributed by atoms with Crippen LogP contribution in [0, 0.1) is 5.92 Å². The molecule has 0 heterocycles. The lowest BCUT2D eigenvalue weighted by molar-refractivity contribution is -0.137. The summed E-state index contributed by atoms with van der Waals surface area (Å²) >= 11 is 0. The van der Waals surface area contributed by atoms with Gasteiger partial charge in [-0.25, -0.2) is 0 Å². The molecule has 0 aromatic carbocycles. The van der Waals surface area contributed by atoms with Crippen LogP contribution in [-0.4, -0.2) is 35.3 Å². The minimum absolute atomic E-state index is 0.0200. The number of hydrogen-bond acceptors (Lipinski definition) is 3. The van der Waals surface area contributed by atoms with Crippen LogP contribution >= 0.6 is 0 Å². The Morgan fingerprint density at radius 2 is 1.94 bits per heavy atom. The number of nitrogens with zero attached hydrogens (tertiary/aromatic N) is 1. The Labute approximate surface area is 96.1 Å². The minimum Gasteiger partial charge on any atom is -0.368 e. The standard InChI is InChI=1S/C11H21N3O2/c1-7(2)14(6-10(13)15)11(16)5-9(12)8-3-4-8/h7-9H,3-6,12H2,1-2H3,(H2,13,15). The van der Waals surface area contributed by atoms with Crippen molar-refractivity contribution in [1.82, 2.24) is 4.90 Å². The molecule has 92 valence electrons. The Balaban J connectivity index is 2.48. The summed E-state index contributed by atoms with van der Waals surface area (Å²) in [6, 6.07) is -0.0898. The van der Waals surface area contributed by atoms with E-state index in [1.165, 1.54) is 4.90 Å². The van der Waals surface area contributed by atoms with Crippen molar-refractivity contribution in [3.05, 3.63) is 0 Å². The van der Waals surface area contributed by atoms with E-state index in [9.17, 15) is 9.59 Å². The SMILES string of the molecule is CC(C)N(CC(N)=O)C(=O)CC(N)C1CC1. The molecule has 1 rings (SSSR count). The molecule has 0 aliphatic heterocycles. The summed E-state index contributed by atoms with van der Waals surface area (Å²) in [5, 5.41) is 0. The second-order valence-corrected chi connectivity index (χ2v) is 4.79. The third kappa shape index (κ3) is 3.81. The molecule has 0 saturated heterocycles. The number of primary amides is 1. The predicted octanol–water partition coefficient (Wildman–Crippen LogP) is -0.164. The van der Waals surface area contributed by atoms with Crippen LogP contribution in [0.5, 0.6) is 0 Å². The summed E-state index contributed by atoms with van der Waals surface area (Å²) in [5.41, 5.74) is 11.0. The van der Waals surface area contributed by atoms with E-state index in [4.69, 9.17) is 11.5 Å². The number of rotatable bonds is 6. The van der Waals surface area contributed by atoms with Crippen molar-refractivity contribution in [2.75, 3.05) is 6.54 Å². The van der Waals surface area contributed by atoms with E-state index in [0.29, 0.717) is 12.3 Å². The molecule has 1 unspecified atom stereocenters. The molecule has 0 aromatic heterocycles. The van der Waals surface area contributed by atoms with Crippen molar-refractivity contribution < 1.29 is 9.59 Å². The van der Waals surface area contributed by atoms with Crippen LogP contribution in [0.2, 0.25) is 0 Å². The van der Waals surface area contributed by atoms with Gasteiger partial charge in [-0.05, 0) is 32.6 Å². The Morgan fingerprint density at radius 3 is 2.31 bits per heavy atom. The monoisotopic (exact) mass is 227 g/mol. The molecule has 0 spiro atoms. The quantitative estimate of drug-likeness (QED) is 0.660. The van der Waals surface area contributed by atoms with Crippen LogP contribution in [0.4, 0.5) is 0 Å². The summed E-state index contributed by atoms with van der Waals surface area (Å²) < 4.78 is 0. The lowest BCUT2D eigenvalue weighted by Gasteiger charge is -2.26. The number of carbonyl (C=O) groups excluding carboxylic acids is 2. The van der Waals surface area contributed by atoms with E-state index < -0.39 is 5.91 Å². The zero-order valence-electron chi connectivity index (χ0n) is 9.98. The summed E-state index contributed by atoms with van der Waals surface area (Å²) in [7, 11) is 0. The molecule has 2 amide bonds. The smallest absolute Gasteiger partial charge is 0.237 e. The second kappa shape index (κ2) is 5.30. The second-order valence-electron chi connectivity index (χ2n) is 4.79. The molecule has 0 bridgehead atoms. The average molecular weight is 227 g/mol. The maximum atomic E-state index is 11.9. The van der Waals surface area contributed by atoms with Crippen molar-refractivity contribution in [3.63, 3.8) is 0 Å². The molecule has 5 heteroatoms. The molecule has 4 N–H and O–H groups in total. The van der Waals surface area contributed by atoms with Gasteiger partial charge in [0.15, 0.2) is 0 Å². The van der Waals surface area contributed by atoms with E-state index in [2.05, 4.69) is 0 Å². The molecule has 16 heavy (non-hydrogen) atoms. The fourth-order valence-corrected chi connectivity index (χ4v) is 1.74. The maximum Gasteiger partial charge on any atom is 0.237 e. The largest absolute Gasteiger partial charge is 0.368 e. The zero-order chi connectivity index (χ0) is 12.3. The first kappa shape index (κ1) is 13.0. The van der Waals surface area contributed by atoms with Gasteiger partial charge in [0, 0.05) is 18.5 Å². The molecule has 0 radical (unpaired) electrons. The van der Waals surface area contributed by atoms with Crippen LogP contribution in [0.15, 0.2) is 0 Å². The van der Waals surface area contributed by atoms with Crippen LogP contribution in [0.1, 0.15) is 33.1 Å². The normalized spacial score (nSPS) is 17.2. The van der Waals surface area contributed by atoms with Gasteiger partial charge in [-0.1, -0.05) is 0 Å². The highest BCUT2D eigenvalue weighted by atomic mass is 16.2. The van der Waals surface area contributed by atoms with E-state index >= 15 is 0 Å². The molecule has 1 saturated carbocycles. The van der Waals surface area contributed by atoms with Crippen molar-refractivity contribution in [3.8, 4) is 0 Å². The summed E-state index contributed by atoms with van der Waals surface area (Å²) in [6.07, 6.45) is 2.55. The lowest BCUT2D eigenvalue weighted by atomic mass is 10.1. The Bertz CT molecular complexity index is 274. The maximum absolute atomic E-state index is 11.9. The zero-order valence-corrected chi connectivity index (χ0v) is 9.98. The first-order chi connectivity index (χ1) is 7.41. The topological polar surface area (TPSA) is 89.4 Å². The highest BCUT2D eigenvalue weighted by molar-refractivity contribution is 5.84. The van der Waals surface area contributed by atoms with E-state index in [1.807, 2.05) is 13.8 Å². The van der Waals surface area contributed by atoms with Gasteiger partial charge in [0.1, 0.15) is 0 Å². The lowest BCUT2D eigenvalue weighted by Crippen LogP contribution is -2.45. The Kier molecular flexibility index (Phi) is 4.29. The number of nitrogens with two attached hydrogens (primary N) is 2. The summed E-state index contributed by atoms with van der Waals surface area (Å²) in [4.78, 5) is 24.2. The van der Waals surface area contributed by atoms with Gasteiger partial charge >= 0.3 is 0 Å². The number of amides is 2. The van der Waals surface area contributed by atoms with Gasteiger partial charge < -0.3 is 16.4 Å². The predicted molar refractivity (Wildman–Crippen MR) is 61.4 cm³/mol. The third-order valence-corrected chi connectivity index (χ3v) is 2.91. The highest BCUT2D eigenvalue weighted by Crippen LogP contribution is 2.33. The fourth-order valence-electron chi connectivity index (χ4n) is 1.74. The van der Waals surface area contributed by atoms with Gasteiger partial charge in [0.2, 0.25) is 11.8 Å². The Hall–Kier alpha value is -1.10. The van der Waals surface area contributed by atoms with Gasteiger partial charge in [0.25, 0.3) is 0 Å². The molecule has 1 aliphatic carbocycles. The average Bonchev–Trinajstić information content (AvgIpc) is 2.95.